The third-order valence-electron chi connectivity index (χ3n) is 3.57. The molecule has 4 heteroatoms. The first-order chi connectivity index (χ1) is 9.11. The van der Waals surface area contributed by atoms with Crippen LogP contribution in [0.5, 0.6) is 0 Å². The second-order valence-electron chi connectivity index (χ2n) is 5.17. The van der Waals surface area contributed by atoms with E-state index in [2.05, 4.69) is 36.1 Å². The predicted molar refractivity (Wildman–Crippen MR) is 76.6 cm³/mol. The van der Waals surface area contributed by atoms with E-state index in [1.165, 1.54) is 12.3 Å². The van der Waals surface area contributed by atoms with Crippen LogP contribution in [0.4, 0.5) is 10.1 Å². The molecule has 2 aromatic heterocycles. The van der Waals surface area contributed by atoms with Crippen LogP contribution in [-0.4, -0.2) is 16.5 Å². The Morgan fingerprint density at radius 2 is 2.11 bits per heavy atom. The Kier molecular flexibility index (Phi) is 4.30. The number of rotatable bonds is 5. The number of halogens is 1. The van der Waals surface area contributed by atoms with Gasteiger partial charge in [-0.05, 0) is 17.9 Å². The average molecular weight is 261 g/mol. The third-order valence-corrected chi connectivity index (χ3v) is 3.57. The normalized spacial score (nSPS) is 12.9. The van der Waals surface area contributed by atoms with Crippen molar-refractivity contribution in [2.45, 2.75) is 27.2 Å². The molecule has 0 aliphatic carbocycles. The van der Waals surface area contributed by atoms with Crippen molar-refractivity contribution in [1.82, 2.24) is 9.97 Å². The second-order valence-corrected chi connectivity index (χ2v) is 5.17. The molecule has 0 saturated carbocycles. The topological polar surface area (TPSA) is 37.8 Å². The van der Waals surface area contributed by atoms with Crippen LogP contribution < -0.4 is 5.32 Å². The van der Waals surface area contributed by atoms with E-state index in [1.54, 1.807) is 6.20 Å². The van der Waals surface area contributed by atoms with Crippen LogP contribution in [0.25, 0.3) is 11.0 Å². The summed E-state index contributed by atoms with van der Waals surface area (Å²) in [6.45, 7) is 7.55. The average Bonchev–Trinajstić information content (AvgIpc) is 2.38. The fraction of sp³-hybridized carbons (Fsp3) is 0.467. The molecule has 1 unspecified atom stereocenters. The van der Waals surface area contributed by atoms with Gasteiger partial charge < -0.3 is 5.32 Å². The van der Waals surface area contributed by atoms with Crippen LogP contribution in [0, 0.1) is 17.7 Å². The van der Waals surface area contributed by atoms with E-state index < -0.39 is 0 Å². The van der Waals surface area contributed by atoms with Gasteiger partial charge in [0.2, 0.25) is 0 Å². The van der Waals surface area contributed by atoms with Crippen molar-refractivity contribution in [3.63, 3.8) is 0 Å². The van der Waals surface area contributed by atoms with Crippen molar-refractivity contribution in [2.24, 2.45) is 11.8 Å². The molecule has 0 spiro atoms. The molecule has 0 aromatic carbocycles. The Bertz CT molecular complexity index is 554. The van der Waals surface area contributed by atoms with E-state index >= 15 is 0 Å². The molecule has 19 heavy (non-hydrogen) atoms. The highest BCUT2D eigenvalue weighted by molar-refractivity contribution is 5.86. The number of nitrogens with one attached hydrogen (secondary N) is 1. The summed E-state index contributed by atoms with van der Waals surface area (Å²) in [6, 6.07) is 3.30. The third kappa shape index (κ3) is 3.19. The molecule has 0 radical (unpaired) electrons. The summed E-state index contributed by atoms with van der Waals surface area (Å²) in [5.74, 6) is 0.894. The summed E-state index contributed by atoms with van der Waals surface area (Å²) in [6.07, 6.45) is 4.05. The number of hydrogen-bond donors (Lipinski definition) is 1. The van der Waals surface area contributed by atoms with Gasteiger partial charge in [-0.2, -0.15) is 0 Å². The molecule has 0 fully saturated rings. The predicted octanol–water partition coefficient (Wildman–Crippen LogP) is 3.86. The van der Waals surface area contributed by atoms with Gasteiger partial charge in [-0.15, -0.1) is 0 Å². The quantitative estimate of drug-likeness (QED) is 0.888. The Labute approximate surface area is 113 Å². The van der Waals surface area contributed by atoms with Gasteiger partial charge in [0.05, 0.1) is 17.4 Å². The van der Waals surface area contributed by atoms with E-state index in [9.17, 15) is 4.39 Å². The van der Waals surface area contributed by atoms with Crippen molar-refractivity contribution < 1.29 is 4.39 Å². The molecule has 1 atom stereocenters. The van der Waals surface area contributed by atoms with E-state index in [0.717, 1.165) is 24.2 Å². The Morgan fingerprint density at radius 1 is 1.32 bits per heavy atom. The molecule has 2 aromatic rings. The molecule has 3 nitrogen and oxygen atoms in total. The van der Waals surface area contributed by atoms with Crippen LogP contribution >= 0.6 is 0 Å². The number of hydrogen-bond acceptors (Lipinski definition) is 3. The molecule has 0 bridgehead atoms. The summed E-state index contributed by atoms with van der Waals surface area (Å²) in [5, 5.41) is 3.41. The lowest BCUT2D eigenvalue weighted by molar-refractivity contribution is 0.392. The maximum absolute atomic E-state index is 13.1. The van der Waals surface area contributed by atoms with Gasteiger partial charge in [0.25, 0.3) is 0 Å². The fourth-order valence-electron chi connectivity index (χ4n) is 2.24. The minimum absolute atomic E-state index is 0.356. The minimum Gasteiger partial charge on any atom is -0.383 e. The molecule has 0 saturated heterocycles. The molecular weight excluding hydrogens is 241 g/mol. The maximum atomic E-state index is 13.1. The highest BCUT2D eigenvalue weighted by Crippen LogP contribution is 2.21. The molecule has 102 valence electrons. The first-order valence-corrected chi connectivity index (χ1v) is 6.76. The maximum Gasteiger partial charge on any atom is 0.143 e. The molecular formula is C15H20FN3. The van der Waals surface area contributed by atoms with Gasteiger partial charge in [-0.3, -0.25) is 4.98 Å². The zero-order valence-electron chi connectivity index (χ0n) is 11.7. The summed E-state index contributed by atoms with van der Waals surface area (Å²) >= 11 is 0. The molecule has 0 amide bonds. The number of nitrogens with zero attached hydrogens (tertiary/aromatic N) is 2. The number of fused-ring (bicyclic) bond motifs is 1. The highest BCUT2D eigenvalue weighted by Gasteiger charge is 2.12. The standard InChI is InChI=1S/C15H20FN3/c1-4-11(10(2)3)8-18-13-5-6-17-14-7-12(16)9-19-15(13)14/h5-7,9-11H,4,8H2,1-3H3,(H,17,18). The minimum atomic E-state index is -0.356. The SMILES string of the molecule is CCC(CNc1ccnc2cc(F)cnc12)C(C)C. The molecule has 0 aliphatic rings. The summed E-state index contributed by atoms with van der Waals surface area (Å²) < 4.78 is 13.1. The van der Waals surface area contributed by atoms with Crippen LogP contribution in [0.15, 0.2) is 24.5 Å². The van der Waals surface area contributed by atoms with Crippen molar-refractivity contribution in [1.29, 1.82) is 0 Å². The first kappa shape index (κ1) is 13.7. The van der Waals surface area contributed by atoms with Crippen LogP contribution in [-0.2, 0) is 0 Å². The lowest BCUT2D eigenvalue weighted by Gasteiger charge is -2.20. The Balaban J connectivity index is 2.21. The molecule has 1 N–H and O–H groups in total. The number of aromatic nitrogens is 2. The number of pyridine rings is 2. The van der Waals surface area contributed by atoms with Gasteiger partial charge in [0, 0.05) is 18.8 Å². The van der Waals surface area contributed by atoms with Gasteiger partial charge in [0.15, 0.2) is 0 Å². The monoisotopic (exact) mass is 261 g/mol. The fourth-order valence-corrected chi connectivity index (χ4v) is 2.24. The van der Waals surface area contributed by atoms with E-state index in [0.29, 0.717) is 17.4 Å². The van der Waals surface area contributed by atoms with Crippen molar-refractivity contribution in [2.75, 3.05) is 11.9 Å². The van der Waals surface area contributed by atoms with Crippen LogP contribution in [0.2, 0.25) is 0 Å². The Morgan fingerprint density at radius 3 is 2.79 bits per heavy atom. The molecule has 2 heterocycles. The Hall–Kier alpha value is -1.71. The van der Waals surface area contributed by atoms with Crippen molar-refractivity contribution >= 4 is 16.7 Å². The molecule has 0 aliphatic heterocycles. The van der Waals surface area contributed by atoms with Gasteiger partial charge in [-0.1, -0.05) is 27.2 Å². The lowest BCUT2D eigenvalue weighted by Crippen LogP contribution is -2.19. The van der Waals surface area contributed by atoms with E-state index in [1.807, 2.05) is 6.07 Å². The zero-order chi connectivity index (χ0) is 13.8. The largest absolute Gasteiger partial charge is 0.383 e. The smallest absolute Gasteiger partial charge is 0.143 e. The van der Waals surface area contributed by atoms with Crippen molar-refractivity contribution in [3.8, 4) is 0 Å². The lowest BCUT2D eigenvalue weighted by atomic mass is 9.93. The van der Waals surface area contributed by atoms with Gasteiger partial charge >= 0.3 is 0 Å². The van der Waals surface area contributed by atoms with Crippen LogP contribution in [0.1, 0.15) is 27.2 Å². The van der Waals surface area contributed by atoms with Crippen molar-refractivity contribution in [3.05, 3.63) is 30.3 Å². The zero-order valence-corrected chi connectivity index (χ0v) is 11.7. The summed E-state index contributed by atoms with van der Waals surface area (Å²) in [4.78, 5) is 8.27. The van der Waals surface area contributed by atoms with Gasteiger partial charge in [-0.25, -0.2) is 9.37 Å². The first-order valence-electron chi connectivity index (χ1n) is 6.76. The second kappa shape index (κ2) is 5.95. The summed E-state index contributed by atoms with van der Waals surface area (Å²) in [7, 11) is 0. The van der Waals surface area contributed by atoms with E-state index in [-0.39, 0.29) is 5.82 Å². The number of anilines is 1. The van der Waals surface area contributed by atoms with Gasteiger partial charge in [0.1, 0.15) is 11.3 Å². The molecule has 2 rings (SSSR count). The van der Waals surface area contributed by atoms with E-state index in [4.69, 9.17) is 0 Å². The van der Waals surface area contributed by atoms with Crippen LogP contribution in [0.3, 0.4) is 0 Å². The summed E-state index contributed by atoms with van der Waals surface area (Å²) in [5.41, 5.74) is 2.23. The highest BCUT2D eigenvalue weighted by atomic mass is 19.1.